The van der Waals surface area contributed by atoms with Crippen LogP contribution in [0.25, 0.3) is 0 Å². The minimum atomic E-state index is 0.0810. The highest BCUT2D eigenvalue weighted by molar-refractivity contribution is 5.82. The summed E-state index contributed by atoms with van der Waals surface area (Å²) >= 11 is 0. The van der Waals surface area contributed by atoms with E-state index in [1.807, 2.05) is 0 Å². The lowest BCUT2D eigenvalue weighted by Crippen LogP contribution is -2.50. The van der Waals surface area contributed by atoms with Crippen LogP contribution in [0.5, 0.6) is 0 Å². The molecule has 7 unspecified atom stereocenters. The van der Waals surface area contributed by atoms with Crippen LogP contribution < -0.4 is 0 Å². The second-order valence-corrected chi connectivity index (χ2v) is 11.3. The number of hydroxylamine groups is 2. The molecule has 0 N–H and O–H groups in total. The number of nitrogens with zero attached hydrogens (tertiary/aromatic N) is 1. The van der Waals surface area contributed by atoms with Gasteiger partial charge in [0.1, 0.15) is 5.78 Å². The molecule has 4 rings (SSSR count). The molecule has 1 amide bonds. The van der Waals surface area contributed by atoms with Crippen LogP contribution in [0.15, 0.2) is 11.6 Å². The maximum atomic E-state index is 12.2. The smallest absolute Gasteiger partial charge is 0.245 e. The molecule has 3 fully saturated rings. The van der Waals surface area contributed by atoms with Crippen molar-refractivity contribution in [2.45, 2.75) is 85.0 Å². The van der Waals surface area contributed by atoms with E-state index in [2.05, 4.69) is 26.8 Å². The van der Waals surface area contributed by atoms with Crippen LogP contribution in [0.2, 0.25) is 0 Å². The normalized spacial score (nSPS) is 41.4. The van der Waals surface area contributed by atoms with Gasteiger partial charge in [0.05, 0.1) is 7.11 Å². The van der Waals surface area contributed by atoms with Crippen molar-refractivity contribution in [1.29, 1.82) is 0 Å². The maximum Gasteiger partial charge on any atom is 0.245 e. The highest BCUT2D eigenvalue weighted by Gasteiger charge is 2.59. The highest BCUT2D eigenvalue weighted by Crippen LogP contribution is 2.67. The molecule has 7 atom stereocenters. The molecule has 0 bridgehead atoms. The van der Waals surface area contributed by atoms with Gasteiger partial charge in [-0.1, -0.05) is 32.4 Å². The van der Waals surface area contributed by atoms with Crippen LogP contribution in [-0.2, 0) is 14.4 Å². The second-order valence-electron chi connectivity index (χ2n) is 11.3. The zero-order valence-corrected chi connectivity index (χ0v) is 19.7. The molecule has 4 aliphatic rings. The van der Waals surface area contributed by atoms with Crippen molar-refractivity contribution < 1.29 is 14.4 Å². The van der Waals surface area contributed by atoms with E-state index in [1.54, 1.807) is 14.2 Å². The van der Waals surface area contributed by atoms with Crippen molar-refractivity contribution in [3.05, 3.63) is 11.6 Å². The van der Waals surface area contributed by atoms with Crippen LogP contribution in [-0.4, -0.2) is 30.9 Å². The Balaban J connectivity index is 1.47. The topological polar surface area (TPSA) is 46.6 Å². The third-order valence-electron chi connectivity index (χ3n) is 10.1. The van der Waals surface area contributed by atoms with Crippen molar-refractivity contribution in [1.82, 2.24) is 5.06 Å². The quantitative estimate of drug-likeness (QED) is 0.435. The summed E-state index contributed by atoms with van der Waals surface area (Å²) in [5, 5.41) is 1.36. The molecule has 3 saturated carbocycles. The fourth-order valence-electron chi connectivity index (χ4n) is 8.26. The van der Waals surface area contributed by atoms with Crippen molar-refractivity contribution in [3.8, 4) is 0 Å². The highest BCUT2D eigenvalue weighted by atomic mass is 16.7. The number of carbonyl (C=O) groups excluding carboxylic acids is 2. The summed E-state index contributed by atoms with van der Waals surface area (Å²) in [4.78, 5) is 29.3. The zero-order valence-electron chi connectivity index (χ0n) is 19.7. The van der Waals surface area contributed by atoms with Gasteiger partial charge in [-0.3, -0.25) is 14.4 Å². The SMILES string of the molecule is CON(C)C(=O)CCC(C)C1CCC2C3CC=C4CC(=O)CCC4(C)C3CCC12C. The van der Waals surface area contributed by atoms with Crippen LogP contribution in [0, 0.1) is 40.4 Å². The summed E-state index contributed by atoms with van der Waals surface area (Å²) in [5.74, 6) is 4.16. The Morgan fingerprint density at radius 1 is 1.23 bits per heavy atom. The monoisotopic (exact) mass is 415 g/mol. The van der Waals surface area contributed by atoms with Gasteiger partial charge in [-0.05, 0) is 85.4 Å². The Bertz CT molecular complexity index is 730. The first-order chi connectivity index (χ1) is 14.2. The van der Waals surface area contributed by atoms with Crippen LogP contribution in [0.4, 0.5) is 0 Å². The zero-order chi connectivity index (χ0) is 21.7. The summed E-state index contributed by atoms with van der Waals surface area (Å²) in [6.45, 7) is 7.41. The van der Waals surface area contributed by atoms with E-state index >= 15 is 0 Å². The Kier molecular flexibility index (Phi) is 5.93. The number of ketones is 1. The Morgan fingerprint density at radius 3 is 2.73 bits per heavy atom. The molecule has 4 heteroatoms. The van der Waals surface area contributed by atoms with Gasteiger partial charge >= 0.3 is 0 Å². The number of allylic oxidation sites excluding steroid dienone is 2. The van der Waals surface area contributed by atoms with Gasteiger partial charge in [0.15, 0.2) is 0 Å². The third kappa shape index (κ3) is 3.47. The molecule has 0 spiro atoms. The molecule has 168 valence electrons. The number of hydrogen-bond acceptors (Lipinski definition) is 3. The lowest BCUT2D eigenvalue weighted by molar-refractivity contribution is -0.169. The number of carbonyl (C=O) groups is 2. The van der Waals surface area contributed by atoms with E-state index in [0.29, 0.717) is 30.0 Å². The lowest BCUT2D eigenvalue weighted by atomic mass is 9.47. The molecule has 0 aromatic carbocycles. The fourth-order valence-corrected chi connectivity index (χ4v) is 8.26. The number of rotatable bonds is 5. The predicted molar refractivity (Wildman–Crippen MR) is 118 cm³/mol. The van der Waals surface area contributed by atoms with Gasteiger partial charge in [-0.15, -0.1) is 0 Å². The van der Waals surface area contributed by atoms with Crippen molar-refractivity contribution >= 4 is 11.7 Å². The maximum absolute atomic E-state index is 12.2. The fraction of sp³-hybridized carbons (Fsp3) is 0.846. The molecule has 30 heavy (non-hydrogen) atoms. The molecule has 0 aromatic heterocycles. The number of fused-ring (bicyclic) bond motifs is 5. The van der Waals surface area contributed by atoms with Gasteiger partial charge in [0.2, 0.25) is 5.91 Å². The van der Waals surface area contributed by atoms with Crippen LogP contribution in [0.1, 0.15) is 85.0 Å². The average Bonchev–Trinajstić information content (AvgIpc) is 3.09. The molecular formula is C26H41NO3. The van der Waals surface area contributed by atoms with E-state index in [0.717, 1.165) is 42.9 Å². The van der Waals surface area contributed by atoms with Crippen molar-refractivity contribution in [2.24, 2.45) is 40.4 Å². The molecular weight excluding hydrogens is 374 g/mol. The van der Waals surface area contributed by atoms with Crippen LogP contribution >= 0.6 is 0 Å². The molecule has 0 radical (unpaired) electrons. The predicted octanol–water partition coefficient (Wildman–Crippen LogP) is 5.57. The molecule has 4 nitrogen and oxygen atoms in total. The molecule has 0 aliphatic heterocycles. The van der Waals surface area contributed by atoms with E-state index in [9.17, 15) is 9.59 Å². The van der Waals surface area contributed by atoms with E-state index in [4.69, 9.17) is 4.84 Å². The summed E-state index contributed by atoms with van der Waals surface area (Å²) in [5.41, 5.74) is 2.13. The largest absolute Gasteiger partial charge is 0.299 e. The van der Waals surface area contributed by atoms with Gasteiger partial charge in [-0.25, -0.2) is 5.06 Å². The van der Waals surface area contributed by atoms with E-state index in [-0.39, 0.29) is 11.3 Å². The molecule has 0 saturated heterocycles. The molecule has 4 aliphatic carbocycles. The summed E-state index contributed by atoms with van der Waals surface area (Å²) < 4.78 is 0. The van der Waals surface area contributed by atoms with Gasteiger partial charge in [0, 0.05) is 26.3 Å². The van der Waals surface area contributed by atoms with E-state index < -0.39 is 0 Å². The average molecular weight is 416 g/mol. The first-order valence-electron chi connectivity index (χ1n) is 12.2. The lowest BCUT2D eigenvalue weighted by Gasteiger charge is -2.58. The summed E-state index contributed by atoms with van der Waals surface area (Å²) in [6.07, 6.45) is 13.0. The van der Waals surface area contributed by atoms with Gasteiger partial charge in [0.25, 0.3) is 0 Å². The number of amides is 1. The standard InChI is InChI=1S/C26H41NO3/c1-17(6-11-24(29)27(4)30-5)21-9-10-22-20-8-7-18-16-19(28)12-14-25(18,2)23(20)13-15-26(21,22)3/h7,17,20-23H,6,8-16H2,1-5H3. The third-order valence-corrected chi connectivity index (χ3v) is 10.1. The molecule has 0 aromatic rings. The van der Waals surface area contributed by atoms with Gasteiger partial charge < -0.3 is 0 Å². The Labute approximate surface area is 182 Å². The number of Topliss-reactive ketones (excluding diaryl/α,β-unsaturated/α-hetero) is 1. The first kappa shape index (κ1) is 22.0. The minimum absolute atomic E-state index is 0.0810. The van der Waals surface area contributed by atoms with Crippen LogP contribution in [0.3, 0.4) is 0 Å². The van der Waals surface area contributed by atoms with Crippen molar-refractivity contribution in [2.75, 3.05) is 14.2 Å². The second kappa shape index (κ2) is 8.07. The molecule has 0 heterocycles. The summed E-state index contributed by atoms with van der Waals surface area (Å²) in [6, 6.07) is 0. The Morgan fingerprint density at radius 2 is 2.00 bits per heavy atom. The van der Waals surface area contributed by atoms with Gasteiger partial charge in [-0.2, -0.15) is 0 Å². The Hall–Kier alpha value is -1.16. The summed E-state index contributed by atoms with van der Waals surface area (Å²) in [7, 11) is 3.25. The van der Waals surface area contributed by atoms with Crippen molar-refractivity contribution in [3.63, 3.8) is 0 Å². The first-order valence-corrected chi connectivity index (χ1v) is 12.2. The number of hydrogen-bond donors (Lipinski definition) is 0. The van der Waals surface area contributed by atoms with E-state index in [1.165, 1.54) is 42.7 Å². The minimum Gasteiger partial charge on any atom is -0.299 e.